The van der Waals surface area contributed by atoms with Crippen LogP contribution in [-0.4, -0.2) is 40.0 Å². The van der Waals surface area contributed by atoms with Crippen LogP contribution in [0.4, 0.5) is 19.0 Å². The molecule has 1 aromatic rings. The number of anilines is 1. The number of rotatable bonds is 2. The van der Waals surface area contributed by atoms with Gasteiger partial charge < -0.3 is 9.80 Å². The van der Waals surface area contributed by atoms with Crippen molar-refractivity contribution < 1.29 is 18.0 Å². The second kappa shape index (κ2) is 6.52. The number of alkyl halides is 3. The van der Waals surface area contributed by atoms with Crippen molar-refractivity contribution >= 4 is 23.3 Å². The third kappa shape index (κ3) is 2.87. The molecule has 1 spiro atoms. The molecular weight excluding hydrogens is 427 g/mol. The largest absolute Gasteiger partial charge is 0.417 e. The topological polar surface area (TPSA) is 36.4 Å². The molecule has 7 rings (SSSR count). The lowest BCUT2D eigenvalue weighted by Crippen LogP contribution is -2.62. The average Bonchev–Trinajstić information content (AvgIpc) is 3.25. The van der Waals surface area contributed by atoms with Gasteiger partial charge in [0.1, 0.15) is 11.4 Å². The summed E-state index contributed by atoms with van der Waals surface area (Å²) in [4.78, 5) is 22.2. The molecule has 1 amide bonds. The lowest BCUT2D eigenvalue weighted by atomic mass is 9.52. The maximum atomic E-state index is 14.0. The van der Waals surface area contributed by atoms with Crippen molar-refractivity contribution in [1.29, 1.82) is 0 Å². The summed E-state index contributed by atoms with van der Waals surface area (Å²) >= 11 is 6.29. The van der Waals surface area contributed by atoms with Crippen LogP contribution in [0.2, 0.25) is 5.02 Å². The summed E-state index contributed by atoms with van der Waals surface area (Å²) in [6.07, 6.45) is 5.93. The van der Waals surface area contributed by atoms with Gasteiger partial charge in [0.2, 0.25) is 5.91 Å². The number of hydrogen-bond acceptors (Lipinski definition) is 3. The first kappa shape index (κ1) is 20.1. The molecule has 0 N–H and O–H groups in total. The van der Waals surface area contributed by atoms with Crippen LogP contribution in [0.25, 0.3) is 0 Å². The van der Waals surface area contributed by atoms with Crippen LogP contribution in [0.3, 0.4) is 0 Å². The molecule has 3 heterocycles. The number of hydrogen-bond donors (Lipinski definition) is 0. The van der Waals surface area contributed by atoms with Crippen LogP contribution < -0.4 is 4.90 Å². The Labute approximate surface area is 185 Å². The fourth-order valence-corrected chi connectivity index (χ4v) is 8.33. The van der Waals surface area contributed by atoms with E-state index in [4.69, 9.17) is 11.6 Å². The summed E-state index contributed by atoms with van der Waals surface area (Å²) in [6.45, 7) is 1.33. The molecule has 1 unspecified atom stereocenters. The van der Waals surface area contributed by atoms with Crippen molar-refractivity contribution in [3.05, 3.63) is 22.8 Å². The van der Waals surface area contributed by atoms with E-state index in [0.717, 1.165) is 62.2 Å². The smallest absolute Gasteiger partial charge is 0.341 e. The number of carbonyl (C=O) groups excluding carboxylic acids is 1. The Hall–Kier alpha value is -1.50. The van der Waals surface area contributed by atoms with Gasteiger partial charge in [0, 0.05) is 24.8 Å². The van der Waals surface area contributed by atoms with Gasteiger partial charge in [-0.25, -0.2) is 4.98 Å². The second-order valence-electron chi connectivity index (χ2n) is 10.7. The van der Waals surface area contributed by atoms with Crippen LogP contribution in [-0.2, 0) is 11.0 Å². The molecular formula is C23H27ClF3N3O. The third-order valence-electron chi connectivity index (χ3n) is 8.86. The summed E-state index contributed by atoms with van der Waals surface area (Å²) in [7, 11) is 0. The standard InChI is InChI=1S/C23H27ClF3N3O/c24-18-9-17(23(25,26)27)13-28-19(18)29-4-1-2-22(29)3-5-30(20(22)31)21-10-14-6-15(11-21)8-16(7-14)12-21/h9,13-16H,1-8,10-12H2. The van der Waals surface area contributed by atoms with E-state index < -0.39 is 17.3 Å². The fraction of sp³-hybridized carbons (Fsp3) is 0.739. The zero-order chi connectivity index (χ0) is 21.6. The van der Waals surface area contributed by atoms with E-state index in [2.05, 4.69) is 9.88 Å². The molecule has 4 bridgehead atoms. The Kier molecular flexibility index (Phi) is 4.23. The van der Waals surface area contributed by atoms with Crippen LogP contribution in [0.1, 0.15) is 63.4 Å². The highest BCUT2D eigenvalue weighted by Crippen LogP contribution is 2.59. The van der Waals surface area contributed by atoms with Gasteiger partial charge in [-0.1, -0.05) is 11.6 Å². The minimum Gasteiger partial charge on any atom is -0.341 e. The summed E-state index contributed by atoms with van der Waals surface area (Å²) in [6, 6.07) is 0.937. The lowest BCUT2D eigenvalue weighted by Gasteiger charge is -2.60. The predicted octanol–water partition coefficient (Wildman–Crippen LogP) is 5.29. The molecule has 4 aliphatic carbocycles. The SMILES string of the molecule is O=C1N(C23CC4CC(CC(C4)C2)C3)CCC12CCCN2c1ncc(C(F)(F)F)cc1Cl. The molecule has 0 aromatic carbocycles. The Morgan fingerprint density at radius 3 is 2.23 bits per heavy atom. The van der Waals surface area contributed by atoms with Gasteiger partial charge in [0.15, 0.2) is 0 Å². The molecule has 168 valence electrons. The number of aromatic nitrogens is 1. The molecule has 4 saturated carbocycles. The molecule has 1 aromatic heterocycles. The number of carbonyl (C=O) groups is 1. The Morgan fingerprint density at radius 2 is 1.65 bits per heavy atom. The lowest BCUT2D eigenvalue weighted by molar-refractivity contribution is -0.148. The minimum absolute atomic E-state index is 0.000951. The van der Waals surface area contributed by atoms with Crippen molar-refractivity contribution in [3.63, 3.8) is 0 Å². The van der Waals surface area contributed by atoms with E-state index in [9.17, 15) is 18.0 Å². The zero-order valence-corrected chi connectivity index (χ0v) is 18.2. The molecule has 0 radical (unpaired) electrons. The number of amides is 1. The zero-order valence-electron chi connectivity index (χ0n) is 17.4. The third-order valence-corrected chi connectivity index (χ3v) is 9.14. The van der Waals surface area contributed by atoms with E-state index in [0.29, 0.717) is 25.2 Å². The van der Waals surface area contributed by atoms with E-state index in [1.807, 2.05) is 4.90 Å². The molecule has 6 aliphatic rings. The van der Waals surface area contributed by atoms with Crippen molar-refractivity contribution in [1.82, 2.24) is 9.88 Å². The van der Waals surface area contributed by atoms with Gasteiger partial charge in [-0.3, -0.25) is 4.79 Å². The first-order chi connectivity index (χ1) is 14.7. The van der Waals surface area contributed by atoms with Gasteiger partial charge in [-0.2, -0.15) is 13.2 Å². The van der Waals surface area contributed by atoms with Crippen LogP contribution >= 0.6 is 11.6 Å². The molecule has 6 fully saturated rings. The molecule has 1 atom stereocenters. The minimum atomic E-state index is -4.49. The summed E-state index contributed by atoms with van der Waals surface area (Å²) in [5, 5.41) is -0.0304. The van der Waals surface area contributed by atoms with E-state index in [-0.39, 0.29) is 16.5 Å². The summed E-state index contributed by atoms with van der Waals surface area (Å²) in [5.41, 5.74) is -1.57. The molecule has 4 nitrogen and oxygen atoms in total. The van der Waals surface area contributed by atoms with E-state index in [1.54, 1.807) is 0 Å². The quantitative estimate of drug-likeness (QED) is 0.610. The van der Waals surface area contributed by atoms with Crippen molar-refractivity contribution in [2.24, 2.45) is 17.8 Å². The van der Waals surface area contributed by atoms with Gasteiger partial charge >= 0.3 is 6.18 Å². The second-order valence-corrected chi connectivity index (χ2v) is 11.1. The van der Waals surface area contributed by atoms with Gasteiger partial charge in [0.05, 0.1) is 10.6 Å². The number of likely N-dealkylation sites (tertiary alicyclic amines) is 1. The molecule has 31 heavy (non-hydrogen) atoms. The van der Waals surface area contributed by atoms with Gasteiger partial charge in [-0.05, 0) is 81.6 Å². The summed E-state index contributed by atoms with van der Waals surface area (Å²) in [5.74, 6) is 2.72. The fourth-order valence-electron chi connectivity index (χ4n) is 8.06. The number of nitrogens with zero attached hydrogens (tertiary/aromatic N) is 3. The first-order valence-electron chi connectivity index (χ1n) is 11.5. The average molecular weight is 454 g/mol. The Bertz CT molecular complexity index is 900. The Balaban J connectivity index is 1.32. The van der Waals surface area contributed by atoms with Crippen molar-refractivity contribution in [3.8, 4) is 0 Å². The van der Waals surface area contributed by atoms with Crippen LogP contribution in [0, 0.1) is 17.8 Å². The summed E-state index contributed by atoms with van der Waals surface area (Å²) < 4.78 is 39.2. The maximum Gasteiger partial charge on any atom is 0.417 e. The van der Waals surface area contributed by atoms with E-state index >= 15 is 0 Å². The van der Waals surface area contributed by atoms with Crippen LogP contribution in [0.15, 0.2) is 12.3 Å². The van der Waals surface area contributed by atoms with Crippen LogP contribution in [0.5, 0.6) is 0 Å². The predicted molar refractivity (Wildman–Crippen MR) is 111 cm³/mol. The maximum absolute atomic E-state index is 14.0. The van der Waals surface area contributed by atoms with Gasteiger partial charge in [-0.15, -0.1) is 0 Å². The normalized spacial score (nSPS) is 39.4. The number of pyridine rings is 1. The molecule has 2 aliphatic heterocycles. The van der Waals surface area contributed by atoms with Crippen molar-refractivity contribution in [2.45, 2.75) is 75.0 Å². The highest BCUT2D eigenvalue weighted by atomic mass is 35.5. The Morgan fingerprint density at radius 1 is 1.00 bits per heavy atom. The monoisotopic (exact) mass is 453 g/mol. The highest BCUT2D eigenvalue weighted by molar-refractivity contribution is 6.33. The van der Waals surface area contributed by atoms with Gasteiger partial charge in [0.25, 0.3) is 0 Å². The van der Waals surface area contributed by atoms with E-state index in [1.165, 1.54) is 19.3 Å². The molecule has 8 heteroatoms. The van der Waals surface area contributed by atoms with Crippen molar-refractivity contribution in [2.75, 3.05) is 18.0 Å². The number of halogens is 4. The highest BCUT2D eigenvalue weighted by Gasteiger charge is 2.62. The molecule has 2 saturated heterocycles. The first-order valence-corrected chi connectivity index (χ1v) is 11.9.